The number of hydrogen-bond donors (Lipinski definition) is 1. The van der Waals surface area contributed by atoms with Gasteiger partial charge in [-0.15, -0.1) is 10.2 Å². The number of hydrogen-bond acceptors (Lipinski definition) is 5. The van der Waals surface area contributed by atoms with E-state index in [1.54, 1.807) is 7.11 Å². The predicted octanol–water partition coefficient (Wildman–Crippen LogP) is 1.78. The molecular weight excluding hydrogens is 230 g/mol. The third-order valence-electron chi connectivity index (χ3n) is 2.52. The first-order valence-corrected chi connectivity index (χ1v) is 5.88. The van der Waals surface area contributed by atoms with Crippen LogP contribution in [-0.4, -0.2) is 30.5 Å². The summed E-state index contributed by atoms with van der Waals surface area (Å²) in [6, 6.07) is 8.00. The maximum absolute atomic E-state index is 5.56. The second kappa shape index (κ2) is 6.28. The highest BCUT2D eigenvalue weighted by atomic mass is 16.5. The molecule has 0 aliphatic carbocycles. The molecule has 1 heterocycles. The Bertz CT molecular complexity index is 479. The number of ether oxygens (including phenoxy) is 1. The van der Waals surface area contributed by atoms with Crippen molar-refractivity contribution in [2.75, 3.05) is 20.3 Å². The van der Waals surface area contributed by atoms with E-state index in [1.807, 2.05) is 31.2 Å². The van der Waals surface area contributed by atoms with Crippen molar-refractivity contribution in [3.05, 3.63) is 35.7 Å². The minimum absolute atomic E-state index is 0.554. The lowest BCUT2D eigenvalue weighted by Gasteiger charge is -1.99. The number of benzene rings is 1. The highest BCUT2D eigenvalue weighted by Crippen LogP contribution is 2.17. The molecule has 0 unspecified atom stereocenters. The van der Waals surface area contributed by atoms with Crippen LogP contribution < -0.4 is 5.32 Å². The third kappa shape index (κ3) is 3.38. The Morgan fingerprint density at radius 2 is 2.00 bits per heavy atom. The smallest absolute Gasteiger partial charge is 0.247 e. The molecule has 1 aromatic carbocycles. The number of aryl methyl sites for hydroxylation is 1. The van der Waals surface area contributed by atoms with Gasteiger partial charge in [0, 0.05) is 19.2 Å². The van der Waals surface area contributed by atoms with E-state index in [9.17, 15) is 0 Å². The van der Waals surface area contributed by atoms with Crippen LogP contribution in [0, 0.1) is 6.92 Å². The van der Waals surface area contributed by atoms with Gasteiger partial charge in [0.15, 0.2) is 0 Å². The van der Waals surface area contributed by atoms with Gasteiger partial charge in [-0.1, -0.05) is 17.7 Å². The van der Waals surface area contributed by atoms with Gasteiger partial charge in [0.1, 0.15) is 0 Å². The van der Waals surface area contributed by atoms with Crippen molar-refractivity contribution in [1.82, 2.24) is 15.5 Å². The number of methoxy groups -OCH3 is 1. The summed E-state index contributed by atoms with van der Waals surface area (Å²) >= 11 is 0. The Hall–Kier alpha value is -1.72. The zero-order valence-electron chi connectivity index (χ0n) is 10.6. The molecule has 1 N–H and O–H groups in total. The number of nitrogens with one attached hydrogen (secondary N) is 1. The molecule has 0 amide bonds. The van der Waals surface area contributed by atoms with Crippen molar-refractivity contribution in [2.45, 2.75) is 13.5 Å². The Morgan fingerprint density at radius 1 is 1.22 bits per heavy atom. The first kappa shape index (κ1) is 12.7. The van der Waals surface area contributed by atoms with Crippen molar-refractivity contribution in [2.24, 2.45) is 0 Å². The van der Waals surface area contributed by atoms with Gasteiger partial charge < -0.3 is 14.5 Å². The molecule has 0 aliphatic rings. The SMILES string of the molecule is COCCNCc1nnc(-c2ccc(C)cc2)o1. The monoisotopic (exact) mass is 247 g/mol. The average Bonchev–Trinajstić information content (AvgIpc) is 2.84. The zero-order chi connectivity index (χ0) is 12.8. The van der Waals surface area contributed by atoms with Gasteiger partial charge in [0.25, 0.3) is 0 Å². The lowest BCUT2D eigenvalue weighted by atomic mass is 10.1. The minimum Gasteiger partial charge on any atom is -0.419 e. The van der Waals surface area contributed by atoms with Crippen LogP contribution in [0.1, 0.15) is 11.5 Å². The number of aromatic nitrogens is 2. The highest BCUT2D eigenvalue weighted by molar-refractivity contribution is 5.52. The summed E-state index contributed by atoms with van der Waals surface area (Å²) in [5.74, 6) is 1.14. The fourth-order valence-corrected chi connectivity index (χ4v) is 1.51. The summed E-state index contributed by atoms with van der Waals surface area (Å²) in [7, 11) is 1.67. The number of rotatable bonds is 6. The molecule has 0 radical (unpaired) electrons. The molecule has 0 aliphatic heterocycles. The van der Waals surface area contributed by atoms with Crippen molar-refractivity contribution in [1.29, 1.82) is 0 Å². The van der Waals surface area contributed by atoms with Crippen molar-refractivity contribution in [3.8, 4) is 11.5 Å². The van der Waals surface area contributed by atoms with E-state index in [4.69, 9.17) is 9.15 Å². The van der Waals surface area contributed by atoms with E-state index in [2.05, 4.69) is 15.5 Å². The average molecular weight is 247 g/mol. The van der Waals surface area contributed by atoms with Crippen LogP contribution in [0.2, 0.25) is 0 Å². The largest absolute Gasteiger partial charge is 0.419 e. The Labute approximate surface area is 106 Å². The summed E-state index contributed by atoms with van der Waals surface area (Å²) in [6.07, 6.45) is 0. The maximum Gasteiger partial charge on any atom is 0.247 e. The fourth-order valence-electron chi connectivity index (χ4n) is 1.51. The van der Waals surface area contributed by atoms with E-state index < -0.39 is 0 Å². The third-order valence-corrected chi connectivity index (χ3v) is 2.52. The van der Waals surface area contributed by atoms with Crippen LogP contribution >= 0.6 is 0 Å². The normalized spacial score (nSPS) is 10.8. The Kier molecular flexibility index (Phi) is 4.44. The van der Waals surface area contributed by atoms with Crippen LogP contribution in [0.4, 0.5) is 0 Å². The first-order chi connectivity index (χ1) is 8.79. The van der Waals surface area contributed by atoms with Crippen molar-refractivity contribution in [3.63, 3.8) is 0 Å². The number of nitrogens with zero attached hydrogens (tertiary/aromatic N) is 2. The molecule has 0 bridgehead atoms. The molecule has 0 saturated heterocycles. The van der Waals surface area contributed by atoms with Gasteiger partial charge in [-0.2, -0.15) is 0 Å². The molecule has 2 aromatic rings. The second-order valence-electron chi connectivity index (χ2n) is 4.04. The second-order valence-corrected chi connectivity index (χ2v) is 4.04. The molecule has 0 spiro atoms. The molecule has 1 aromatic heterocycles. The highest BCUT2D eigenvalue weighted by Gasteiger charge is 2.07. The van der Waals surface area contributed by atoms with Gasteiger partial charge in [0.05, 0.1) is 13.2 Å². The summed E-state index contributed by atoms with van der Waals surface area (Å²) in [4.78, 5) is 0. The summed E-state index contributed by atoms with van der Waals surface area (Å²) in [5.41, 5.74) is 2.15. The topological polar surface area (TPSA) is 60.2 Å². The molecule has 0 fully saturated rings. The van der Waals surface area contributed by atoms with Gasteiger partial charge in [-0.3, -0.25) is 0 Å². The lowest BCUT2D eigenvalue weighted by Crippen LogP contribution is -2.18. The van der Waals surface area contributed by atoms with Gasteiger partial charge >= 0.3 is 0 Å². The Balaban J connectivity index is 1.95. The van der Waals surface area contributed by atoms with Crippen molar-refractivity contribution >= 4 is 0 Å². The zero-order valence-corrected chi connectivity index (χ0v) is 10.6. The predicted molar refractivity (Wildman–Crippen MR) is 68.1 cm³/mol. The lowest BCUT2D eigenvalue weighted by molar-refractivity contribution is 0.198. The van der Waals surface area contributed by atoms with Crippen LogP contribution in [0.5, 0.6) is 0 Å². The molecule has 0 atom stereocenters. The van der Waals surface area contributed by atoms with E-state index in [1.165, 1.54) is 5.56 Å². The molecule has 96 valence electrons. The van der Waals surface area contributed by atoms with E-state index in [0.717, 1.165) is 12.1 Å². The van der Waals surface area contributed by atoms with E-state index >= 15 is 0 Å². The molecule has 5 heteroatoms. The van der Waals surface area contributed by atoms with Crippen LogP contribution in [-0.2, 0) is 11.3 Å². The summed E-state index contributed by atoms with van der Waals surface area (Å²) in [6.45, 7) is 4.03. The molecule has 5 nitrogen and oxygen atoms in total. The maximum atomic E-state index is 5.56. The van der Waals surface area contributed by atoms with E-state index in [0.29, 0.717) is 24.9 Å². The van der Waals surface area contributed by atoms with Crippen LogP contribution in [0.3, 0.4) is 0 Å². The first-order valence-electron chi connectivity index (χ1n) is 5.88. The standard InChI is InChI=1S/C13H17N3O2/c1-10-3-5-11(6-4-10)13-16-15-12(18-13)9-14-7-8-17-2/h3-6,14H,7-9H2,1-2H3. The van der Waals surface area contributed by atoms with Gasteiger partial charge in [-0.25, -0.2) is 0 Å². The molecule has 2 rings (SSSR count). The molecule has 18 heavy (non-hydrogen) atoms. The van der Waals surface area contributed by atoms with Crippen LogP contribution in [0.25, 0.3) is 11.5 Å². The molecule has 0 saturated carbocycles. The minimum atomic E-state index is 0.554. The fraction of sp³-hybridized carbons (Fsp3) is 0.385. The molecular formula is C13H17N3O2. The van der Waals surface area contributed by atoms with Crippen molar-refractivity contribution < 1.29 is 9.15 Å². The Morgan fingerprint density at radius 3 is 2.72 bits per heavy atom. The van der Waals surface area contributed by atoms with Gasteiger partial charge in [0.2, 0.25) is 11.8 Å². The summed E-state index contributed by atoms with van der Waals surface area (Å²) in [5, 5.41) is 11.2. The van der Waals surface area contributed by atoms with E-state index in [-0.39, 0.29) is 0 Å². The van der Waals surface area contributed by atoms with Crippen LogP contribution in [0.15, 0.2) is 28.7 Å². The quantitative estimate of drug-likeness (QED) is 0.788. The van der Waals surface area contributed by atoms with Gasteiger partial charge in [-0.05, 0) is 19.1 Å². The summed E-state index contributed by atoms with van der Waals surface area (Å²) < 4.78 is 10.5.